The highest BCUT2D eigenvalue weighted by atomic mass is 35.5. The van der Waals surface area contributed by atoms with Gasteiger partial charge in [-0.25, -0.2) is 0 Å². The minimum atomic E-state index is -0.483. The molecule has 0 fully saturated rings. The van der Waals surface area contributed by atoms with Gasteiger partial charge in [-0.15, -0.1) is 10.2 Å². The highest BCUT2D eigenvalue weighted by Gasteiger charge is 2.25. The summed E-state index contributed by atoms with van der Waals surface area (Å²) in [5, 5.41) is 12.5. The van der Waals surface area contributed by atoms with Crippen molar-refractivity contribution in [2.24, 2.45) is 7.05 Å². The van der Waals surface area contributed by atoms with Crippen molar-refractivity contribution >= 4 is 35.0 Å². The topological polar surface area (TPSA) is 59.8 Å². The zero-order valence-corrected chi connectivity index (χ0v) is 18.7. The molecular formula is C24H21ClN4OS. The summed E-state index contributed by atoms with van der Waals surface area (Å²) in [7, 11) is 1.90. The Kier molecular flexibility index (Phi) is 6.39. The summed E-state index contributed by atoms with van der Waals surface area (Å²) in [6.07, 6.45) is 0. The van der Waals surface area contributed by atoms with Gasteiger partial charge in [-0.05, 0) is 48.9 Å². The first-order valence-corrected chi connectivity index (χ1v) is 11.0. The van der Waals surface area contributed by atoms with Crippen LogP contribution in [0, 0.1) is 6.92 Å². The van der Waals surface area contributed by atoms with Gasteiger partial charge in [0.25, 0.3) is 0 Å². The van der Waals surface area contributed by atoms with Gasteiger partial charge in [-0.2, -0.15) is 0 Å². The van der Waals surface area contributed by atoms with E-state index in [-0.39, 0.29) is 5.91 Å². The van der Waals surface area contributed by atoms with Gasteiger partial charge < -0.3 is 9.88 Å². The van der Waals surface area contributed by atoms with E-state index in [1.807, 2.05) is 97.4 Å². The van der Waals surface area contributed by atoms with E-state index < -0.39 is 5.25 Å². The minimum Gasteiger partial charge on any atom is -0.325 e. The van der Waals surface area contributed by atoms with E-state index in [4.69, 9.17) is 11.6 Å². The fourth-order valence-corrected chi connectivity index (χ4v) is 4.25. The molecule has 31 heavy (non-hydrogen) atoms. The normalized spacial score (nSPS) is 11.8. The summed E-state index contributed by atoms with van der Waals surface area (Å²) in [6, 6.07) is 24.9. The molecule has 0 saturated carbocycles. The monoisotopic (exact) mass is 448 g/mol. The van der Waals surface area contributed by atoms with Crippen LogP contribution in [0.15, 0.2) is 84.0 Å². The molecule has 1 atom stereocenters. The van der Waals surface area contributed by atoms with Gasteiger partial charge in [0, 0.05) is 23.3 Å². The third kappa shape index (κ3) is 4.98. The Morgan fingerprint density at radius 1 is 0.968 bits per heavy atom. The molecule has 4 rings (SSSR count). The summed E-state index contributed by atoms with van der Waals surface area (Å²) >= 11 is 7.37. The Bertz CT molecular complexity index is 1170. The molecule has 1 amide bonds. The maximum absolute atomic E-state index is 13.2. The van der Waals surface area contributed by atoms with Crippen molar-refractivity contribution in [2.75, 3.05) is 5.32 Å². The van der Waals surface area contributed by atoms with Crippen molar-refractivity contribution in [2.45, 2.75) is 17.3 Å². The second-order valence-electron chi connectivity index (χ2n) is 7.14. The molecule has 5 nitrogen and oxygen atoms in total. The number of anilines is 1. The van der Waals surface area contributed by atoms with Gasteiger partial charge in [-0.1, -0.05) is 71.4 Å². The summed E-state index contributed by atoms with van der Waals surface area (Å²) in [4.78, 5) is 13.2. The lowest BCUT2D eigenvalue weighted by atomic mass is 10.1. The van der Waals surface area contributed by atoms with Crippen LogP contribution in [0.1, 0.15) is 16.4 Å². The van der Waals surface area contributed by atoms with E-state index >= 15 is 0 Å². The predicted octanol–water partition coefficient (Wildman–Crippen LogP) is 5.92. The largest absolute Gasteiger partial charge is 0.325 e. The van der Waals surface area contributed by atoms with Gasteiger partial charge >= 0.3 is 0 Å². The van der Waals surface area contributed by atoms with Gasteiger partial charge in [0.05, 0.1) is 0 Å². The van der Waals surface area contributed by atoms with E-state index in [0.29, 0.717) is 16.0 Å². The molecule has 156 valence electrons. The summed E-state index contributed by atoms with van der Waals surface area (Å²) in [6.45, 7) is 2.01. The van der Waals surface area contributed by atoms with Crippen molar-refractivity contribution in [3.63, 3.8) is 0 Å². The van der Waals surface area contributed by atoms with Crippen LogP contribution in [-0.4, -0.2) is 20.7 Å². The molecule has 0 aliphatic heterocycles. The highest BCUT2D eigenvalue weighted by molar-refractivity contribution is 8.00. The lowest BCUT2D eigenvalue weighted by Gasteiger charge is -2.17. The van der Waals surface area contributed by atoms with E-state index in [0.717, 1.165) is 22.4 Å². The lowest BCUT2D eigenvalue weighted by Crippen LogP contribution is -2.19. The maximum atomic E-state index is 13.2. The Balaban J connectivity index is 1.62. The zero-order valence-electron chi connectivity index (χ0n) is 17.1. The van der Waals surface area contributed by atoms with Gasteiger partial charge in [0.15, 0.2) is 11.0 Å². The number of rotatable bonds is 6. The molecule has 0 aliphatic carbocycles. The van der Waals surface area contributed by atoms with Crippen LogP contribution in [0.3, 0.4) is 0 Å². The van der Waals surface area contributed by atoms with E-state index in [1.165, 1.54) is 11.8 Å². The molecule has 0 radical (unpaired) electrons. The zero-order chi connectivity index (χ0) is 21.8. The number of aromatic nitrogens is 3. The molecule has 1 aromatic heterocycles. The van der Waals surface area contributed by atoms with Crippen molar-refractivity contribution < 1.29 is 4.79 Å². The van der Waals surface area contributed by atoms with Crippen LogP contribution in [-0.2, 0) is 11.8 Å². The van der Waals surface area contributed by atoms with Crippen molar-refractivity contribution in [3.05, 3.63) is 95.0 Å². The van der Waals surface area contributed by atoms with Crippen molar-refractivity contribution in [1.82, 2.24) is 14.8 Å². The molecule has 0 bridgehead atoms. The molecule has 1 heterocycles. The average molecular weight is 449 g/mol. The number of hydrogen-bond donors (Lipinski definition) is 1. The smallest absolute Gasteiger partial charge is 0.242 e. The van der Waals surface area contributed by atoms with Crippen LogP contribution in [0.25, 0.3) is 11.4 Å². The van der Waals surface area contributed by atoms with Gasteiger partial charge in [0.2, 0.25) is 5.91 Å². The number of amides is 1. The number of hydrogen-bond acceptors (Lipinski definition) is 4. The average Bonchev–Trinajstić information content (AvgIpc) is 3.15. The molecule has 0 saturated heterocycles. The fourth-order valence-electron chi connectivity index (χ4n) is 3.12. The molecule has 3 aromatic carbocycles. The van der Waals surface area contributed by atoms with Crippen LogP contribution in [0.4, 0.5) is 5.69 Å². The third-order valence-corrected chi connectivity index (χ3v) is 6.36. The molecule has 1 N–H and O–H groups in total. The second-order valence-corrected chi connectivity index (χ2v) is 8.64. The van der Waals surface area contributed by atoms with E-state index in [1.54, 1.807) is 0 Å². The molecule has 0 spiro atoms. The molecule has 7 heteroatoms. The van der Waals surface area contributed by atoms with Crippen LogP contribution in [0.5, 0.6) is 0 Å². The highest BCUT2D eigenvalue weighted by Crippen LogP contribution is 2.36. The minimum absolute atomic E-state index is 0.115. The van der Waals surface area contributed by atoms with Crippen molar-refractivity contribution in [3.8, 4) is 11.4 Å². The standard InChI is InChI=1S/C24H21ClN4OS/c1-16-8-14-20(15-9-16)26-23(30)21(17-6-4-3-5-7-17)31-24-28-27-22(29(24)2)18-10-12-19(25)13-11-18/h3-15,21H,1-2H3,(H,26,30). The Morgan fingerprint density at radius 3 is 2.32 bits per heavy atom. The Labute approximate surface area is 190 Å². The number of nitrogens with zero attached hydrogens (tertiary/aromatic N) is 3. The molecular weight excluding hydrogens is 428 g/mol. The number of thioether (sulfide) groups is 1. The SMILES string of the molecule is Cc1ccc(NC(=O)C(Sc2nnc(-c3ccc(Cl)cc3)n2C)c2ccccc2)cc1. The molecule has 0 aliphatic rings. The number of halogens is 1. The first-order chi connectivity index (χ1) is 15.0. The van der Waals surface area contributed by atoms with E-state index in [9.17, 15) is 4.79 Å². The third-order valence-electron chi connectivity index (χ3n) is 4.82. The summed E-state index contributed by atoms with van der Waals surface area (Å²) < 4.78 is 1.89. The van der Waals surface area contributed by atoms with Gasteiger partial charge in [-0.3, -0.25) is 4.79 Å². The number of benzene rings is 3. The number of carbonyl (C=O) groups is 1. The predicted molar refractivity (Wildman–Crippen MR) is 126 cm³/mol. The van der Waals surface area contributed by atoms with Crippen LogP contribution in [0.2, 0.25) is 5.02 Å². The lowest BCUT2D eigenvalue weighted by molar-refractivity contribution is -0.115. The number of nitrogens with one attached hydrogen (secondary N) is 1. The summed E-state index contributed by atoms with van der Waals surface area (Å²) in [5.74, 6) is 0.598. The summed E-state index contributed by atoms with van der Waals surface area (Å²) in [5.41, 5.74) is 3.71. The first kappa shape index (κ1) is 21.2. The second kappa shape index (κ2) is 9.37. The molecule has 1 unspecified atom stereocenters. The molecule has 4 aromatic rings. The quantitative estimate of drug-likeness (QED) is 0.372. The number of carbonyl (C=O) groups excluding carboxylic acids is 1. The first-order valence-electron chi connectivity index (χ1n) is 9.76. The maximum Gasteiger partial charge on any atom is 0.242 e. The van der Waals surface area contributed by atoms with Crippen LogP contribution < -0.4 is 5.32 Å². The Morgan fingerprint density at radius 2 is 1.65 bits per heavy atom. The Hall–Kier alpha value is -3.09. The fraction of sp³-hybridized carbons (Fsp3) is 0.125. The van der Waals surface area contributed by atoms with Crippen LogP contribution >= 0.6 is 23.4 Å². The van der Waals surface area contributed by atoms with Crippen molar-refractivity contribution in [1.29, 1.82) is 0 Å². The van der Waals surface area contributed by atoms with Gasteiger partial charge in [0.1, 0.15) is 5.25 Å². The van der Waals surface area contributed by atoms with E-state index in [2.05, 4.69) is 15.5 Å². The number of aryl methyl sites for hydroxylation is 1.